The number of hydrazine groups is 1. The number of hydrazone groups is 1. The number of para-hydroxylation sites is 2. The minimum absolute atomic E-state index is 0.0186. The molecule has 0 radical (unpaired) electrons. The molecule has 0 aliphatic rings. The first kappa shape index (κ1) is 34.5. The molecule has 0 unspecified atom stereocenters. The van der Waals surface area contributed by atoms with Gasteiger partial charge in [-0.25, -0.2) is 5.43 Å². The van der Waals surface area contributed by atoms with Crippen LogP contribution in [0, 0.1) is 0 Å². The zero-order chi connectivity index (χ0) is 32.4. The Morgan fingerprint density at radius 1 is 0.717 bits per heavy atom. The zero-order valence-electron chi connectivity index (χ0n) is 26.3. The predicted octanol–water partition coefficient (Wildman–Crippen LogP) is 3.19. The maximum Gasteiger partial charge on any atom is 0.286 e. The molecule has 0 aliphatic heterocycles. The molecule has 0 bridgehead atoms. The number of hydrogen-bond donors (Lipinski definition) is 3. The topological polar surface area (TPSA) is 96.8 Å². The predicted molar refractivity (Wildman–Crippen MR) is 188 cm³/mol. The number of pyridine rings is 2. The van der Waals surface area contributed by atoms with Gasteiger partial charge in [0.15, 0.2) is 24.8 Å². The smallest absolute Gasteiger partial charge is 0.286 e. The van der Waals surface area contributed by atoms with Gasteiger partial charge in [0, 0.05) is 75.1 Å². The molecular weight excluding hydrogens is 617 g/mol. The zero-order valence-corrected chi connectivity index (χ0v) is 27.9. The highest BCUT2D eigenvalue weighted by Gasteiger charge is 2.10. The van der Waals surface area contributed by atoms with Gasteiger partial charge in [-0.1, -0.05) is 58.0 Å². The SMILES string of the molecule is CN(N=Cc1cc[n+](CC(=O)NCCSSCCNC(=O)C[n+]2ccc(CNN(C)c3ccccc3)cc2)cc1)c1ccccc1. The van der Waals surface area contributed by atoms with Crippen LogP contribution in [0.25, 0.3) is 0 Å². The summed E-state index contributed by atoms with van der Waals surface area (Å²) in [6, 6.07) is 27.9. The van der Waals surface area contributed by atoms with Crippen LogP contribution < -0.4 is 35.2 Å². The Bertz CT molecular complexity index is 1510. The fourth-order valence-corrected chi connectivity index (χ4v) is 6.03. The van der Waals surface area contributed by atoms with Crippen LogP contribution in [0.1, 0.15) is 11.1 Å². The summed E-state index contributed by atoms with van der Waals surface area (Å²) in [5.74, 6) is 1.53. The third-order valence-electron chi connectivity index (χ3n) is 6.80. The average molecular weight is 659 g/mol. The standard InChI is InChI=1S/C34H40N8O2S2/c1-39(31-9-5-3-6-10-31)37-25-29-13-19-41(20-14-29)27-33(43)35-17-23-45-46-24-18-36-34(44)28-42-21-15-30(16-22-42)26-38-40(2)32-11-7-4-8-12-32/h3-16,19-22,25,38H,17-18,23-24,26-28H2,1-2H3/p+2. The monoisotopic (exact) mass is 658 g/mol. The van der Waals surface area contributed by atoms with E-state index in [1.807, 2.05) is 143 Å². The minimum atomic E-state index is -0.0330. The van der Waals surface area contributed by atoms with E-state index in [0.29, 0.717) is 19.6 Å². The van der Waals surface area contributed by atoms with Crippen LogP contribution in [0.3, 0.4) is 0 Å². The van der Waals surface area contributed by atoms with Crippen molar-refractivity contribution < 1.29 is 18.7 Å². The number of rotatable bonds is 18. The molecule has 12 heteroatoms. The third kappa shape index (κ3) is 12.5. The lowest BCUT2D eigenvalue weighted by Crippen LogP contribution is -2.43. The number of anilines is 2. The number of carbonyl (C=O) groups is 2. The Morgan fingerprint density at radius 3 is 1.76 bits per heavy atom. The fraction of sp³-hybridized carbons (Fsp3) is 0.265. The van der Waals surface area contributed by atoms with E-state index in [9.17, 15) is 9.59 Å². The summed E-state index contributed by atoms with van der Waals surface area (Å²) < 4.78 is 3.71. The first-order valence-corrected chi connectivity index (χ1v) is 17.5. The number of carbonyl (C=O) groups excluding carboxylic acids is 2. The van der Waals surface area contributed by atoms with Crippen molar-refractivity contribution in [3.05, 3.63) is 121 Å². The number of nitrogens with zero attached hydrogens (tertiary/aromatic N) is 5. The first-order chi connectivity index (χ1) is 22.5. The third-order valence-corrected chi connectivity index (χ3v) is 9.21. The Hall–Kier alpha value is -4.39. The van der Waals surface area contributed by atoms with E-state index in [-0.39, 0.29) is 24.9 Å². The van der Waals surface area contributed by atoms with Crippen LogP contribution >= 0.6 is 21.6 Å². The van der Waals surface area contributed by atoms with Gasteiger partial charge in [-0.05, 0) is 29.8 Å². The van der Waals surface area contributed by atoms with Gasteiger partial charge in [0.1, 0.15) is 0 Å². The Labute approximate surface area is 279 Å². The maximum atomic E-state index is 12.3. The molecule has 3 N–H and O–H groups in total. The van der Waals surface area contributed by atoms with Gasteiger partial charge in [0.05, 0.1) is 17.6 Å². The summed E-state index contributed by atoms with van der Waals surface area (Å²) >= 11 is 0. The van der Waals surface area contributed by atoms with Gasteiger partial charge in [0.2, 0.25) is 13.1 Å². The van der Waals surface area contributed by atoms with Crippen LogP contribution in [0.4, 0.5) is 11.4 Å². The van der Waals surface area contributed by atoms with Gasteiger partial charge in [0.25, 0.3) is 11.8 Å². The van der Waals surface area contributed by atoms with Gasteiger partial charge < -0.3 is 15.6 Å². The molecule has 240 valence electrons. The molecule has 2 aromatic carbocycles. The maximum absolute atomic E-state index is 12.3. The number of benzene rings is 2. The van der Waals surface area contributed by atoms with Gasteiger partial charge in [-0.2, -0.15) is 14.2 Å². The highest BCUT2D eigenvalue weighted by molar-refractivity contribution is 8.76. The van der Waals surface area contributed by atoms with Crippen molar-refractivity contribution in [2.75, 3.05) is 48.7 Å². The molecule has 46 heavy (non-hydrogen) atoms. The minimum Gasteiger partial charge on any atom is -0.350 e. The molecule has 0 saturated heterocycles. The molecule has 2 heterocycles. The van der Waals surface area contributed by atoms with E-state index in [4.69, 9.17) is 0 Å². The summed E-state index contributed by atoms with van der Waals surface area (Å²) in [5, 5.41) is 14.2. The van der Waals surface area contributed by atoms with Crippen molar-refractivity contribution in [3.8, 4) is 0 Å². The number of aromatic nitrogens is 2. The molecule has 2 amide bonds. The van der Waals surface area contributed by atoms with Crippen molar-refractivity contribution in [2.24, 2.45) is 5.10 Å². The Kier molecular flexibility index (Phi) is 14.4. The molecule has 0 atom stereocenters. The van der Waals surface area contributed by atoms with E-state index < -0.39 is 0 Å². The molecule has 4 rings (SSSR count). The van der Waals surface area contributed by atoms with Crippen molar-refractivity contribution in [2.45, 2.75) is 19.6 Å². The van der Waals surface area contributed by atoms with E-state index >= 15 is 0 Å². The number of amides is 2. The largest absolute Gasteiger partial charge is 0.350 e. The summed E-state index contributed by atoms with van der Waals surface area (Å²) in [6.07, 6.45) is 9.39. The van der Waals surface area contributed by atoms with Crippen LogP contribution in [-0.4, -0.2) is 56.7 Å². The molecular formula is C34H42N8O2S2+2. The van der Waals surface area contributed by atoms with Crippen LogP contribution in [0.5, 0.6) is 0 Å². The number of hydrogen-bond acceptors (Lipinski definition) is 8. The molecule has 10 nitrogen and oxygen atoms in total. The summed E-state index contributed by atoms with van der Waals surface area (Å²) in [7, 11) is 7.26. The second kappa shape index (κ2) is 19.2. The van der Waals surface area contributed by atoms with E-state index in [2.05, 4.69) is 21.2 Å². The van der Waals surface area contributed by atoms with Crippen molar-refractivity contribution >= 4 is 51.0 Å². The fourth-order valence-electron chi connectivity index (χ4n) is 4.21. The summed E-state index contributed by atoms with van der Waals surface area (Å²) in [4.78, 5) is 24.7. The van der Waals surface area contributed by atoms with E-state index in [0.717, 1.165) is 34.0 Å². The molecule has 4 aromatic rings. The van der Waals surface area contributed by atoms with Crippen molar-refractivity contribution in [3.63, 3.8) is 0 Å². The molecule has 0 fully saturated rings. The van der Waals surface area contributed by atoms with Crippen LogP contribution in [0.15, 0.2) is 115 Å². The highest BCUT2D eigenvalue weighted by Crippen LogP contribution is 2.19. The Morgan fingerprint density at radius 2 is 1.22 bits per heavy atom. The van der Waals surface area contributed by atoms with Gasteiger partial charge in [-0.15, -0.1) is 0 Å². The van der Waals surface area contributed by atoms with Crippen LogP contribution in [-0.2, 0) is 29.2 Å². The second-order valence-corrected chi connectivity index (χ2v) is 13.1. The molecule has 2 aromatic heterocycles. The lowest BCUT2D eigenvalue weighted by Gasteiger charge is -2.20. The lowest BCUT2D eigenvalue weighted by atomic mass is 10.2. The van der Waals surface area contributed by atoms with Crippen molar-refractivity contribution in [1.29, 1.82) is 0 Å². The molecule has 0 saturated carbocycles. The summed E-state index contributed by atoms with van der Waals surface area (Å²) in [5.41, 5.74) is 7.55. The van der Waals surface area contributed by atoms with Crippen LogP contribution in [0.2, 0.25) is 0 Å². The van der Waals surface area contributed by atoms with Crippen molar-refractivity contribution in [1.82, 2.24) is 16.1 Å². The quantitative estimate of drug-likeness (QED) is 0.0497. The summed E-state index contributed by atoms with van der Waals surface area (Å²) in [6.45, 7) is 2.41. The number of nitrogens with one attached hydrogen (secondary N) is 3. The highest BCUT2D eigenvalue weighted by atomic mass is 33.1. The normalized spacial score (nSPS) is 10.9. The first-order valence-electron chi connectivity index (χ1n) is 15.1. The lowest BCUT2D eigenvalue weighted by molar-refractivity contribution is -0.684. The van der Waals surface area contributed by atoms with Gasteiger partial charge in [-0.3, -0.25) is 14.6 Å². The van der Waals surface area contributed by atoms with E-state index in [1.165, 1.54) is 0 Å². The van der Waals surface area contributed by atoms with Gasteiger partial charge >= 0.3 is 0 Å². The Balaban J connectivity index is 1.01. The second-order valence-electron chi connectivity index (χ2n) is 10.4. The average Bonchev–Trinajstić information content (AvgIpc) is 3.09. The molecule has 0 spiro atoms. The molecule has 0 aliphatic carbocycles. The van der Waals surface area contributed by atoms with E-state index in [1.54, 1.807) is 27.8 Å².